The number of nitrogens with zero attached hydrogens (tertiary/aromatic N) is 1. The SMILES string of the molecule is COc1cccc(C(O)=C2C(=O)C(=O)N(Cc3ccc4c(c3)OCO4)[C@H]2c2cc(OC)c(OC)c(OC)c2)c1. The zero-order valence-corrected chi connectivity index (χ0v) is 21.8. The fraction of sp³-hybridized carbons (Fsp3) is 0.241. The zero-order valence-electron chi connectivity index (χ0n) is 21.8. The largest absolute Gasteiger partial charge is 0.507 e. The van der Waals surface area contributed by atoms with Crippen LogP contribution in [-0.4, -0.2) is 56.9 Å². The van der Waals surface area contributed by atoms with Crippen LogP contribution in [0.15, 0.2) is 60.2 Å². The van der Waals surface area contributed by atoms with E-state index < -0.39 is 17.7 Å². The van der Waals surface area contributed by atoms with Gasteiger partial charge >= 0.3 is 0 Å². The average Bonchev–Trinajstić information content (AvgIpc) is 3.54. The molecule has 202 valence electrons. The standard InChI is InChI=1S/C29H27NO9/c1-34-19-7-5-6-17(11-19)26(31)24-25(18-12-22(35-2)28(37-4)23(13-18)36-3)30(29(33)27(24)32)14-16-8-9-20-21(10-16)39-15-38-20/h5-13,25,31H,14-15H2,1-4H3/t25-/m0/s1. The van der Waals surface area contributed by atoms with E-state index in [1.807, 2.05) is 0 Å². The Bertz CT molecular complexity index is 1450. The molecular formula is C29H27NO9. The van der Waals surface area contributed by atoms with Crippen molar-refractivity contribution in [1.82, 2.24) is 4.90 Å². The highest BCUT2D eigenvalue weighted by molar-refractivity contribution is 6.46. The smallest absolute Gasteiger partial charge is 0.295 e. The fourth-order valence-electron chi connectivity index (χ4n) is 4.81. The van der Waals surface area contributed by atoms with Crippen LogP contribution in [0.2, 0.25) is 0 Å². The van der Waals surface area contributed by atoms with Crippen LogP contribution in [0.25, 0.3) is 5.76 Å². The van der Waals surface area contributed by atoms with Gasteiger partial charge in [0.1, 0.15) is 11.5 Å². The van der Waals surface area contributed by atoms with Crippen molar-refractivity contribution in [3.8, 4) is 34.5 Å². The van der Waals surface area contributed by atoms with Crippen molar-refractivity contribution in [3.05, 3.63) is 76.9 Å². The molecule has 1 amide bonds. The van der Waals surface area contributed by atoms with Gasteiger partial charge in [0, 0.05) is 12.1 Å². The van der Waals surface area contributed by atoms with Crippen molar-refractivity contribution >= 4 is 17.4 Å². The van der Waals surface area contributed by atoms with Gasteiger partial charge in [-0.25, -0.2) is 0 Å². The Labute approximate surface area is 224 Å². The van der Waals surface area contributed by atoms with E-state index in [2.05, 4.69) is 0 Å². The Hall–Kier alpha value is -4.86. The maximum Gasteiger partial charge on any atom is 0.295 e. The third-order valence-electron chi connectivity index (χ3n) is 6.68. The minimum Gasteiger partial charge on any atom is -0.507 e. The summed E-state index contributed by atoms with van der Waals surface area (Å²) in [6.07, 6.45) is 0. The summed E-state index contributed by atoms with van der Waals surface area (Å²) >= 11 is 0. The molecule has 10 heteroatoms. The van der Waals surface area contributed by atoms with Crippen molar-refractivity contribution in [2.75, 3.05) is 35.2 Å². The molecule has 1 saturated heterocycles. The van der Waals surface area contributed by atoms with Crippen LogP contribution in [-0.2, 0) is 16.1 Å². The number of amides is 1. The van der Waals surface area contributed by atoms with Gasteiger partial charge in [0.05, 0.1) is 40.1 Å². The summed E-state index contributed by atoms with van der Waals surface area (Å²) in [5.74, 6) is 0.723. The monoisotopic (exact) mass is 533 g/mol. The van der Waals surface area contributed by atoms with Crippen LogP contribution < -0.4 is 28.4 Å². The van der Waals surface area contributed by atoms with Crippen LogP contribution in [0, 0.1) is 0 Å². The van der Waals surface area contributed by atoms with Crippen molar-refractivity contribution in [2.24, 2.45) is 0 Å². The van der Waals surface area contributed by atoms with E-state index >= 15 is 0 Å². The second kappa shape index (κ2) is 10.5. The third-order valence-corrected chi connectivity index (χ3v) is 6.68. The summed E-state index contributed by atoms with van der Waals surface area (Å²) in [5.41, 5.74) is 1.44. The van der Waals surface area contributed by atoms with E-state index in [0.717, 1.165) is 0 Å². The summed E-state index contributed by atoms with van der Waals surface area (Å²) < 4.78 is 32.7. The Morgan fingerprint density at radius 2 is 1.62 bits per heavy atom. The molecule has 0 radical (unpaired) electrons. The Kier molecular flexibility index (Phi) is 6.93. The first kappa shape index (κ1) is 25.8. The number of methoxy groups -OCH3 is 4. The van der Waals surface area contributed by atoms with Crippen LogP contribution in [0.4, 0.5) is 0 Å². The first-order valence-electron chi connectivity index (χ1n) is 12.0. The van der Waals surface area contributed by atoms with E-state index in [1.165, 1.54) is 33.3 Å². The predicted octanol–water partition coefficient (Wildman–Crippen LogP) is 4.07. The number of aliphatic hydroxyl groups excluding tert-OH is 1. The molecule has 2 heterocycles. The van der Waals surface area contributed by atoms with Gasteiger partial charge in [-0.2, -0.15) is 0 Å². The highest BCUT2D eigenvalue weighted by Gasteiger charge is 2.46. The van der Waals surface area contributed by atoms with E-state index in [9.17, 15) is 14.7 Å². The lowest BCUT2D eigenvalue weighted by molar-refractivity contribution is -0.140. The molecule has 0 spiro atoms. The lowest BCUT2D eigenvalue weighted by atomic mass is 9.94. The van der Waals surface area contributed by atoms with Gasteiger partial charge in [-0.05, 0) is 47.5 Å². The highest BCUT2D eigenvalue weighted by Crippen LogP contribution is 2.46. The number of carbonyl (C=O) groups is 2. The third kappa shape index (κ3) is 4.54. The molecule has 0 unspecified atom stereocenters. The van der Waals surface area contributed by atoms with Crippen molar-refractivity contribution in [1.29, 1.82) is 0 Å². The number of hydrogen-bond acceptors (Lipinski definition) is 9. The van der Waals surface area contributed by atoms with E-state index in [-0.39, 0.29) is 24.7 Å². The summed E-state index contributed by atoms with van der Waals surface area (Å²) in [7, 11) is 5.93. The number of ketones is 1. The number of likely N-dealkylation sites (tertiary alicyclic amines) is 1. The van der Waals surface area contributed by atoms with Crippen LogP contribution in [0.5, 0.6) is 34.5 Å². The molecule has 5 rings (SSSR count). The Morgan fingerprint density at radius 3 is 2.28 bits per heavy atom. The number of Topliss-reactive ketones (excluding diaryl/α,β-unsaturated/α-hetero) is 1. The van der Waals surface area contributed by atoms with Gasteiger partial charge in [0.15, 0.2) is 23.0 Å². The molecule has 10 nitrogen and oxygen atoms in total. The topological polar surface area (TPSA) is 113 Å². The maximum atomic E-state index is 13.5. The minimum absolute atomic E-state index is 0.0530. The van der Waals surface area contributed by atoms with E-state index in [1.54, 1.807) is 54.6 Å². The predicted molar refractivity (Wildman–Crippen MR) is 140 cm³/mol. The summed E-state index contributed by atoms with van der Waals surface area (Å²) in [4.78, 5) is 28.4. The number of carbonyl (C=O) groups excluding carboxylic acids is 2. The van der Waals surface area contributed by atoms with Gasteiger partial charge in [-0.1, -0.05) is 18.2 Å². The van der Waals surface area contributed by atoms with Gasteiger partial charge in [-0.15, -0.1) is 0 Å². The summed E-state index contributed by atoms with van der Waals surface area (Å²) in [6.45, 7) is 0.159. The molecule has 1 atom stereocenters. The summed E-state index contributed by atoms with van der Waals surface area (Å²) in [5, 5.41) is 11.4. The Balaban J connectivity index is 1.69. The quantitative estimate of drug-likeness (QED) is 0.260. The number of fused-ring (bicyclic) bond motifs is 1. The second-order valence-electron chi connectivity index (χ2n) is 8.81. The van der Waals surface area contributed by atoms with E-state index in [0.29, 0.717) is 51.2 Å². The average molecular weight is 534 g/mol. The molecular weight excluding hydrogens is 506 g/mol. The molecule has 3 aromatic rings. The van der Waals surface area contributed by atoms with Gasteiger partial charge in [0.25, 0.3) is 11.7 Å². The fourth-order valence-corrected chi connectivity index (χ4v) is 4.81. The number of aliphatic hydroxyl groups is 1. The van der Waals surface area contributed by atoms with Crippen LogP contribution >= 0.6 is 0 Å². The normalized spacial score (nSPS) is 17.3. The molecule has 0 aliphatic carbocycles. The second-order valence-corrected chi connectivity index (χ2v) is 8.81. The van der Waals surface area contributed by atoms with Gasteiger partial charge in [0.2, 0.25) is 12.5 Å². The van der Waals surface area contributed by atoms with Crippen molar-refractivity contribution in [2.45, 2.75) is 12.6 Å². The molecule has 1 N–H and O–H groups in total. The molecule has 1 fully saturated rings. The summed E-state index contributed by atoms with van der Waals surface area (Å²) in [6, 6.07) is 14.3. The lowest BCUT2D eigenvalue weighted by Gasteiger charge is -2.26. The first-order valence-corrected chi connectivity index (χ1v) is 12.0. The lowest BCUT2D eigenvalue weighted by Crippen LogP contribution is -2.29. The molecule has 0 bridgehead atoms. The maximum absolute atomic E-state index is 13.5. The number of ether oxygens (including phenoxy) is 6. The Morgan fingerprint density at radius 1 is 0.897 bits per heavy atom. The van der Waals surface area contributed by atoms with Crippen molar-refractivity contribution in [3.63, 3.8) is 0 Å². The van der Waals surface area contributed by atoms with Crippen molar-refractivity contribution < 1.29 is 43.1 Å². The molecule has 0 aromatic heterocycles. The molecule has 2 aliphatic heterocycles. The molecule has 2 aliphatic rings. The number of rotatable bonds is 8. The van der Waals surface area contributed by atoms with Gasteiger partial charge in [-0.3, -0.25) is 9.59 Å². The highest BCUT2D eigenvalue weighted by atomic mass is 16.7. The number of hydrogen-bond donors (Lipinski definition) is 1. The first-order chi connectivity index (χ1) is 18.9. The van der Waals surface area contributed by atoms with E-state index in [4.69, 9.17) is 28.4 Å². The van der Waals surface area contributed by atoms with Crippen LogP contribution in [0.1, 0.15) is 22.7 Å². The zero-order chi connectivity index (χ0) is 27.7. The number of benzene rings is 3. The van der Waals surface area contributed by atoms with Crippen LogP contribution in [0.3, 0.4) is 0 Å². The molecule has 39 heavy (non-hydrogen) atoms. The molecule has 0 saturated carbocycles. The van der Waals surface area contributed by atoms with Gasteiger partial charge < -0.3 is 38.4 Å². The molecule has 3 aromatic carbocycles. The minimum atomic E-state index is -0.977.